The van der Waals surface area contributed by atoms with Gasteiger partial charge in [-0.05, 0) is 59.4 Å². The van der Waals surface area contributed by atoms with Gasteiger partial charge in [-0.1, -0.05) is 74.5 Å². The Morgan fingerprint density at radius 1 is 0.538 bits per heavy atom. The van der Waals surface area contributed by atoms with Gasteiger partial charge in [-0.15, -0.1) is 10.2 Å². The van der Waals surface area contributed by atoms with Gasteiger partial charge in [-0.25, -0.2) is 0 Å². The van der Waals surface area contributed by atoms with Gasteiger partial charge in [0.15, 0.2) is 22.9 Å². The van der Waals surface area contributed by atoms with Crippen molar-refractivity contribution >= 4 is 75.9 Å². The normalized spacial score (nSPS) is 12.5. The Morgan fingerprint density at radius 3 is 1.21 bits per heavy atom. The molecule has 0 bridgehead atoms. The summed E-state index contributed by atoms with van der Waals surface area (Å²) in [6.45, 7) is 3.92. The minimum atomic E-state index is -4.84. The third-order valence-corrected chi connectivity index (χ3v) is 10.4. The van der Waals surface area contributed by atoms with E-state index in [9.17, 15) is 36.2 Å². The van der Waals surface area contributed by atoms with Crippen LogP contribution < -0.4 is 11.5 Å². The van der Waals surface area contributed by atoms with Crippen LogP contribution in [0.4, 0.5) is 34.1 Å². The lowest BCUT2D eigenvalue weighted by atomic mass is 9.92. The molecule has 0 aliphatic rings. The Hall–Kier alpha value is -5.94. The van der Waals surface area contributed by atoms with E-state index >= 15 is 0 Å². The summed E-state index contributed by atoms with van der Waals surface area (Å²) in [5, 5.41) is 38.9. The molecule has 0 radical (unpaired) electrons. The van der Waals surface area contributed by atoms with Crippen molar-refractivity contribution in [3.63, 3.8) is 0 Å². The summed E-state index contributed by atoms with van der Waals surface area (Å²) < 4.78 is 68.4. The van der Waals surface area contributed by atoms with E-state index in [1.54, 1.807) is 60.7 Å². The fourth-order valence-electron chi connectivity index (χ4n) is 6.15. The Labute approximate surface area is 298 Å². The third-order valence-electron chi connectivity index (χ3n) is 8.59. The summed E-state index contributed by atoms with van der Waals surface area (Å²) in [6, 6.07) is 22.9. The van der Waals surface area contributed by atoms with Gasteiger partial charge in [-0.3, -0.25) is 9.11 Å². The Bertz CT molecular complexity index is 2530. The first-order valence-electron chi connectivity index (χ1n) is 15.8. The van der Waals surface area contributed by atoms with E-state index in [2.05, 4.69) is 20.5 Å². The zero-order valence-electron chi connectivity index (χ0n) is 27.7. The second kappa shape index (κ2) is 13.6. The van der Waals surface area contributed by atoms with Crippen LogP contribution in [0.25, 0.3) is 32.7 Å². The van der Waals surface area contributed by atoms with Gasteiger partial charge in [0.1, 0.15) is 9.79 Å². The van der Waals surface area contributed by atoms with E-state index in [1.807, 2.05) is 26.0 Å². The van der Waals surface area contributed by atoms with Gasteiger partial charge in [-0.2, -0.15) is 27.1 Å². The Kier molecular flexibility index (Phi) is 9.41. The summed E-state index contributed by atoms with van der Waals surface area (Å²) in [4.78, 5) is -1.43. The predicted molar refractivity (Wildman–Crippen MR) is 199 cm³/mol. The molecule has 6 aromatic carbocycles. The number of anilines is 2. The molecule has 266 valence electrons. The van der Waals surface area contributed by atoms with Crippen molar-refractivity contribution in [1.82, 2.24) is 0 Å². The number of nitrogen functional groups attached to an aromatic ring is 2. The number of rotatable bonds is 9. The van der Waals surface area contributed by atoms with E-state index in [0.29, 0.717) is 24.2 Å². The number of azo groups is 2. The van der Waals surface area contributed by atoms with Crippen LogP contribution in [0.1, 0.15) is 25.0 Å². The molecule has 0 atom stereocenters. The molecule has 16 heteroatoms. The van der Waals surface area contributed by atoms with Crippen molar-refractivity contribution in [3.8, 4) is 22.6 Å². The Balaban J connectivity index is 1.36. The molecule has 8 N–H and O–H groups in total. The number of nitrogens with two attached hydrogens (primary N) is 2. The average Bonchev–Trinajstić information content (AvgIpc) is 3.10. The van der Waals surface area contributed by atoms with Gasteiger partial charge in [0, 0.05) is 21.5 Å². The molecule has 0 aromatic heterocycles. The monoisotopic (exact) mass is 740 g/mol. The third kappa shape index (κ3) is 6.51. The Morgan fingerprint density at radius 2 is 0.885 bits per heavy atom. The predicted octanol–water partition coefficient (Wildman–Crippen LogP) is 8.68. The first-order chi connectivity index (χ1) is 24.6. The number of hydrogen-bond donors (Lipinski definition) is 6. The van der Waals surface area contributed by atoms with Crippen molar-refractivity contribution in [2.45, 2.75) is 36.5 Å². The first kappa shape index (κ1) is 35.9. The molecule has 0 amide bonds. The largest absolute Gasteiger partial charge is 0.504 e. The number of aromatic hydroxyl groups is 2. The molecule has 0 saturated heterocycles. The highest BCUT2D eigenvalue weighted by Gasteiger charge is 2.27. The van der Waals surface area contributed by atoms with E-state index in [-0.39, 0.29) is 44.3 Å². The molecule has 6 rings (SSSR count). The highest BCUT2D eigenvalue weighted by molar-refractivity contribution is 7.86. The second-order valence-electron chi connectivity index (χ2n) is 11.7. The van der Waals surface area contributed by atoms with Crippen molar-refractivity contribution in [1.29, 1.82) is 0 Å². The van der Waals surface area contributed by atoms with Gasteiger partial charge in [0.05, 0.1) is 22.7 Å². The smallest absolute Gasteiger partial charge is 0.298 e. The molecule has 52 heavy (non-hydrogen) atoms. The fourth-order valence-corrected chi connectivity index (χ4v) is 7.74. The number of phenols is 2. The molecule has 0 fully saturated rings. The van der Waals surface area contributed by atoms with Crippen LogP contribution in [-0.2, 0) is 33.1 Å². The number of hydrogen-bond acceptors (Lipinski definition) is 12. The number of benzene rings is 6. The van der Waals surface area contributed by atoms with E-state index in [1.165, 1.54) is 12.1 Å². The van der Waals surface area contributed by atoms with E-state index in [4.69, 9.17) is 11.5 Å². The maximum absolute atomic E-state index is 12.2. The maximum Gasteiger partial charge on any atom is 0.298 e. The van der Waals surface area contributed by atoms with Crippen LogP contribution in [-0.4, -0.2) is 36.2 Å². The highest BCUT2D eigenvalue weighted by atomic mass is 32.2. The maximum atomic E-state index is 12.2. The van der Waals surface area contributed by atoms with Crippen molar-refractivity contribution in [3.05, 3.63) is 96.1 Å². The van der Waals surface area contributed by atoms with Crippen LogP contribution >= 0.6 is 0 Å². The summed E-state index contributed by atoms with van der Waals surface area (Å²) in [5.41, 5.74) is 16.2. The lowest BCUT2D eigenvalue weighted by Gasteiger charge is -2.14. The quantitative estimate of drug-likeness (QED) is 0.0467. The van der Waals surface area contributed by atoms with Gasteiger partial charge >= 0.3 is 0 Å². The van der Waals surface area contributed by atoms with Gasteiger partial charge < -0.3 is 21.7 Å². The highest BCUT2D eigenvalue weighted by Crippen LogP contribution is 2.47. The summed E-state index contributed by atoms with van der Waals surface area (Å²) in [7, 11) is -9.69. The number of fused-ring (bicyclic) bond motifs is 2. The van der Waals surface area contributed by atoms with Crippen LogP contribution in [0.5, 0.6) is 11.5 Å². The first-order valence-corrected chi connectivity index (χ1v) is 18.6. The topological polar surface area (TPSA) is 251 Å². The molecule has 0 aliphatic carbocycles. The zero-order chi connectivity index (χ0) is 37.5. The van der Waals surface area contributed by atoms with Crippen molar-refractivity contribution in [2.75, 3.05) is 11.5 Å². The fraction of sp³-hybridized carbons (Fsp3) is 0.111. The average molecular weight is 741 g/mol. The summed E-state index contributed by atoms with van der Waals surface area (Å²) in [5.74, 6) is -1.64. The summed E-state index contributed by atoms with van der Waals surface area (Å²) >= 11 is 0. The molecule has 0 spiro atoms. The molecule has 0 heterocycles. The molecule has 6 aromatic rings. The molecule has 0 unspecified atom stereocenters. The van der Waals surface area contributed by atoms with Crippen LogP contribution in [0.2, 0.25) is 0 Å². The number of phenolic OH excluding ortho intramolecular Hbond substituents is 2. The van der Waals surface area contributed by atoms with Gasteiger partial charge in [0.2, 0.25) is 0 Å². The lowest BCUT2D eigenvalue weighted by Crippen LogP contribution is -2.02. The molecular formula is C36H32N6O8S2. The molecule has 0 saturated carbocycles. The molecule has 14 nitrogen and oxygen atoms in total. The molecular weight excluding hydrogens is 709 g/mol. The van der Waals surface area contributed by atoms with Crippen LogP contribution in [0.15, 0.2) is 115 Å². The standard InChI is InChI=1S/C36H32N6O8S2/c1-3-19-17-21(39-41-31-29(37)25-9-5-7-11-27(25)35(33(31)43)51(45,46)47)13-15-23(19)24-16-14-22(18-20(24)4-2)40-42-32-30(38)26-10-6-8-12-28(26)36(34(32)44)52(48,49)50/h5-18,43-44H,3-4,37-38H2,1-2H3,(H,45,46,47)(H,48,49,50). The number of aryl methyl sites for hydroxylation is 2. The SMILES string of the molecule is CCc1cc(N=Nc2c(O)c(S(=O)(=O)O)c3ccccc3c2N)ccc1-c1ccc(N=Nc2c(O)c(S(=O)(=O)O)c3ccccc3c2N)cc1CC. The van der Waals surface area contributed by atoms with E-state index < -0.39 is 41.5 Å². The van der Waals surface area contributed by atoms with Crippen LogP contribution in [0.3, 0.4) is 0 Å². The second-order valence-corrected chi connectivity index (χ2v) is 14.4. The lowest BCUT2D eigenvalue weighted by molar-refractivity contribution is 0.444. The molecule has 0 aliphatic heterocycles. The van der Waals surface area contributed by atoms with Gasteiger partial charge in [0.25, 0.3) is 20.2 Å². The minimum absolute atomic E-state index is 0.0150. The van der Waals surface area contributed by atoms with Crippen molar-refractivity contribution < 1.29 is 36.2 Å². The summed E-state index contributed by atoms with van der Waals surface area (Å²) in [6.07, 6.45) is 1.19. The van der Waals surface area contributed by atoms with Crippen molar-refractivity contribution in [2.24, 2.45) is 20.5 Å². The van der Waals surface area contributed by atoms with Crippen LogP contribution in [0, 0.1) is 0 Å². The zero-order valence-corrected chi connectivity index (χ0v) is 29.3. The number of nitrogens with zero attached hydrogens (tertiary/aromatic N) is 4. The van der Waals surface area contributed by atoms with E-state index in [0.717, 1.165) is 22.3 Å². The minimum Gasteiger partial charge on any atom is -0.504 e.